The van der Waals surface area contributed by atoms with Gasteiger partial charge >= 0.3 is 6.18 Å². The van der Waals surface area contributed by atoms with Crippen LogP contribution in [0.15, 0.2) is 18.2 Å². The smallest absolute Gasteiger partial charge is 0.393 e. The van der Waals surface area contributed by atoms with E-state index in [-0.39, 0.29) is 32.1 Å². The molecule has 1 amide bonds. The predicted molar refractivity (Wildman–Crippen MR) is 81.0 cm³/mol. The molecule has 0 unspecified atom stereocenters. The summed E-state index contributed by atoms with van der Waals surface area (Å²) in [4.78, 5) is 13.7. The first-order valence-corrected chi connectivity index (χ1v) is 7.90. The quantitative estimate of drug-likeness (QED) is 0.912. The molecule has 0 radical (unpaired) electrons. The average molecular weight is 344 g/mol. The van der Waals surface area contributed by atoms with Crippen molar-refractivity contribution in [2.75, 3.05) is 31.7 Å². The number of rotatable bonds is 4. The number of halogens is 3. The predicted octanol–water partition coefficient (Wildman–Crippen LogP) is 3.02. The molecule has 132 valence electrons. The molecule has 1 saturated heterocycles. The van der Waals surface area contributed by atoms with E-state index in [9.17, 15) is 18.0 Å². The number of alkyl halides is 3. The van der Waals surface area contributed by atoms with Crippen LogP contribution in [0.5, 0.6) is 11.5 Å². The maximum Gasteiger partial charge on any atom is 0.393 e. The summed E-state index contributed by atoms with van der Waals surface area (Å²) in [6, 6.07) is 5.07. The van der Waals surface area contributed by atoms with Gasteiger partial charge in [-0.25, -0.2) is 0 Å². The summed E-state index contributed by atoms with van der Waals surface area (Å²) >= 11 is 0. The molecular weight excluding hydrogens is 325 g/mol. The van der Waals surface area contributed by atoms with Gasteiger partial charge in [0.15, 0.2) is 11.5 Å². The van der Waals surface area contributed by atoms with Gasteiger partial charge in [-0.15, -0.1) is 0 Å². The molecule has 5 nitrogen and oxygen atoms in total. The second kappa shape index (κ2) is 6.88. The van der Waals surface area contributed by atoms with Crippen LogP contribution in [0.3, 0.4) is 0 Å². The average Bonchev–Trinajstić information content (AvgIpc) is 3.00. The van der Waals surface area contributed by atoms with Crippen molar-refractivity contribution in [3.05, 3.63) is 18.2 Å². The molecule has 2 aliphatic rings. The minimum absolute atomic E-state index is 0.0270. The minimum atomic E-state index is -4.16. The van der Waals surface area contributed by atoms with Crippen molar-refractivity contribution >= 4 is 11.6 Å². The summed E-state index contributed by atoms with van der Waals surface area (Å²) in [5.74, 6) is -0.331. The van der Waals surface area contributed by atoms with Crippen LogP contribution >= 0.6 is 0 Å². The molecule has 0 aromatic heterocycles. The monoisotopic (exact) mass is 344 g/mol. The lowest BCUT2D eigenvalue weighted by atomic mass is 9.97. The maximum absolute atomic E-state index is 12.8. The highest BCUT2D eigenvalue weighted by Crippen LogP contribution is 2.34. The van der Waals surface area contributed by atoms with Crippen molar-refractivity contribution in [1.29, 1.82) is 0 Å². The first-order chi connectivity index (χ1) is 11.4. The largest absolute Gasteiger partial charge is 0.454 e. The van der Waals surface area contributed by atoms with Crippen LogP contribution in [0.4, 0.5) is 18.9 Å². The fourth-order valence-electron chi connectivity index (χ4n) is 2.98. The van der Waals surface area contributed by atoms with Gasteiger partial charge < -0.3 is 19.7 Å². The van der Waals surface area contributed by atoms with Gasteiger partial charge in [-0.1, -0.05) is 0 Å². The molecule has 0 aliphatic carbocycles. The first-order valence-electron chi connectivity index (χ1n) is 7.90. The van der Waals surface area contributed by atoms with Gasteiger partial charge in [0.2, 0.25) is 12.7 Å². The second-order valence-electron chi connectivity index (χ2n) is 6.05. The van der Waals surface area contributed by atoms with Crippen molar-refractivity contribution in [2.24, 2.45) is 5.92 Å². The zero-order valence-electron chi connectivity index (χ0n) is 13.1. The van der Waals surface area contributed by atoms with E-state index in [4.69, 9.17) is 9.47 Å². The molecule has 1 fully saturated rings. The number of piperidine rings is 1. The van der Waals surface area contributed by atoms with Crippen LogP contribution in [-0.2, 0) is 4.79 Å². The lowest BCUT2D eigenvalue weighted by Gasteiger charge is -2.33. The highest BCUT2D eigenvalue weighted by molar-refractivity contribution is 5.91. The van der Waals surface area contributed by atoms with Gasteiger partial charge in [0, 0.05) is 31.3 Å². The number of carbonyl (C=O) groups excluding carboxylic acids is 1. The molecule has 24 heavy (non-hydrogen) atoms. The summed E-state index contributed by atoms with van der Waals surface area (Å²) in [5.41, 5.74) is 0.580. The molecule has 1 atom stereocenters. The molecule has 2 heterocycles. The number of ether oxygens (including phenoxy) is 2. The van der Waals surface area contributed by atoms with Crippen LogP contribution in [0.1, 0.15) is 19.3 Å². The fourth-order valence-corrected chi connectivity index (χ4v) is 2.98. The zero-order valence-corrected chi connectivity index (χ0v) is 13.1. The van der Waals surface area contributed by atoms with E-state index < -0.39 is 12.1 Å². The summed E-state index contributed by atoms with van der Waals surface area (Å²) < 4.78 is 48.8. The first kappa shape index (κ1) is 16.9. The number of benzene rings is 1. The van der Waals surface area contributed by atoms with E-state index in [1.807, 2.05) is 0 Å². The number of fused-ring (bicyclic) bond motifs is 1. The Bertz CT molecular complexity index is 607. The summed E-state index contributed by atoms with van der Waals surface area (Å²) in [6.45, 7) is 1.05. The topological polar surface area (TPSA) is 50.8 Å². The third kappa shape index (κ3) is 4.11. The zero-order chi connectivity index (χ0) is 17.2. The fraction of sp³-hybridized carbons (Fsp3) is 0.562. The summed E-state index contributed by atoms with van der Waals surface area (Å²) in [5, 5.41) is 2.73. The molecular formula is C16H19F3N2O3. The summed E-state index contributed by atoms with van der Waals surface area (Å²) in [7, 11) is 0. The van der Waals surface area contributed by atoms with Crippen molar-refractivity contribution in [2.45, 2.75) is 25.4 Å². The Morgan fingerprint density at radius 2 is 2.08 bits per heavy atom. The normalized spacial score (nSPS) is 20.9. The van der Waals surface area contributed by atoms with Crippen molar-refractivity contribution in [3.8, 4) is 11.5 Å². The third-order valence-electron chi connectivity index (χ3n) is 4.28. The Labute approximate surface area is 137 Å². The standard InChI is InChI=1S/C16H19F3N2O3/c17-16(18,19)11-2-1-6-21(9-11)7-5-15(22)20-12-3-4-13-14(8-12)24-10-23-13/h3-4,8,11H,1-2,5-7,9-10H2,(H,20,22)/t11-/m1/s1. The maximum atomic E-state index is 12.8. The van der Waals surface area contributed by atoms with Crippen molar-refractivity contribution < 1.29 is 27.4 Å². The highest BCUT2D eigenvalue weighted by atomic mass is 19.4. The Morgan fingerprint density at radius 1 is 1.29 bits per heavy atom. The second-order valence-corrected chi connectivity index (χ2v) is 6.05. The number of nitrogens with zero attached hydrogens (tertiary/aromatic N) is 1. The number of hydrogen-bond donors (Lipinski definition) is 1. The Kier molecular flexibility index (Phi) is 4.84. The number of nitrogens with one attached hydrogen (secondary N) is 1. The Balaban J connectivity index is 1.47. The van der Waals surface area contributed by atoms with E-state index in [1.165, 1.54) is 0 Å². The van der Waals surface area contributed by atoms with Crippen LogP contribution < -0.4 is 14.8 Å². The van der Waals surface area contributed by atoms with Gasteiger partial charge in [0.05, 0.1) is 5.92 Å². The third-order valence-corrected chi connectivity index (χ3v) is 4.28. The van der Waals surface area contributed by atoms with Gasteiger partial charge in [-0.05, 0) is 31.5 Å². The van der Waals surface area contributed by atoms with Crippen LogP contribution in [0, 0.1) is 5.92 Å². The molecule has 0 spiro atoms. The molecule has 3 rings (SSSR count). The number of anilines is 1. The van der Waals surface area contributed by atoms with E-state index in [2.05, 4.69) is 5.32 Å². The molecule has 2 aliphatic heterocycles. The van der Waals surface area contributed by atoms with Gasteiger partial charge in [0.25, 0.3) is 0 Å². The van der Waals surface area contributed by atoms with Gasteiger partial charge in [-0.3, -0.25) is 4.79 Å². The molecule has 0 saturated carbocycles. The SMILES string of the molecule is O=C(CCN1CCC[C@@H](C(F)(F)F)C1)Nc1ccc2c(c1)OCO2. The van der Waals surface area contributed by atoms with Crippen LogP contribution in [0.2, 0.25) is 0 Å². The number of hydrogen-bond acceptors (Lipinski definition) is 4. The van der Waals surface area contributed by atoms with Crippen molar-refractivity contribution in [1.82, 2.24) is 4.90 Å². The molecule has 0 bridgehead atoms. The highest BCUT2D eigenvalue weighted by Gasteiger charge is 2.41. The summed E-state index contributed by atoms with van der Waals surface area (Å²) in [6.07, 6.45) is -3.33. The van der Waals surface area contributed by atoms with Gasteiger partial charge in [0.1, 0.15) is 0 Å². The van der Waals surface area contributed by atoms with E-state index in [0.29, 0.717) is 36.7 Å². The lowest BCUT2D eigenvalue weighted by Crippen LogP contribution is -2.42. The Morgan fingerprint density at radius 3 is 2.88 bits per heavy atom. The Hall–Kier alpha value is -1.96. The molecule has 1 N–H and O–H groups in total. The van der Waals surface area contributed by atoms with E-state index in [1.54, 1.807) is 23.1 Å². The molecule has 1 aromatic carbocycles. The van der Waals surface area contributed by atoms with Crippen LogP contribution in [-0.4, -0.2) is 43.4 Å². The lowest BCUT2D eigenvalue weighted by molar-refractivity contribution is -0.186. The van der Waals surface area contributed by atoms with E-state index in [0.717, 1.165) is 0 Å². The minimum Gasteiger partial charge on any atom is -0.454 e. The van der Waals surface area contributed by atoms with E-state index >= 15 is 0 Å². The molecule has 1 aromatic rings. The van der Waals surface area contributed by atoms with Crippen LogP contribution in [0.25, 0.3) is 0 Å². The number of amides is 1. The number of carbonyl (C=O) groups is 1. The van der Waals surface area contributed by atoms with Crippen molar-refractivity contribution in [3.63, 3.8) is 0 Å². The molecule has 8 heteroatoms. The van der Waals surface area contributed by atoms with Gasteiger partial charge in [-0.2, -0.15) is 13.2 Å². The number of likely N-dealkylation sites (tertiary alicyclic amines) is 1.